The molecule has 0 heterocycles. The number of aliphatic hydroxyl groups is 1. The van der Waals surface area contributed by atoms with Crippen LogP contribution in [0.25, 0.3) is 0 Å². The molecule has 1 amide bonds. The van der Waals surface area contributed by atoms with Crippen LogP contribution in [0.2, 0.25) is 0 Å². The van der Waals surface area contributed by atoms with Crippen molar-refractivity contribution in [2.75, 3.05) is 20.6 Å². The van der Waals surface area contributed by atoms with Crippen LogP contribution in [0.4, 0.5) is 0 Å². The molecule has 0 aromatic heterocycles. The first kappa shape index (κ1) is 15.4. The van der Waals surface area contributed by atoms with Crippen LogP contribution in [0.15, 0.2) is 0 Å². The maximum absolute atomic E-state index is 11.9. The molecule has 4 heteroatoms. The summed E-state index contributed by atoms with van der Waals surface area (Å²) < 4.78 is 0. The molecule has 0 saturated heterocycles. The minimum Gasteiger partial charge on any atom is -0.389 e. The maximum Gasteiger partial charge on any atom is 0.223 e. The van der Waals surface area contributed by atoms with E-state index in [0.29, 0.717) is 0 Å². The van der Waals surface area contributed by atoms with E-state index in [1.54, 1.807) is 0 Å². The Hall–Kier alpha value is -0.610. The third kappa shape index (κ3) is 5.83. The van der Waals surface area contributed by atoms with Crippen LogP contribution < -0.4 is 5.32 Å². The number of hydrogen-bond acceptors (Lipinski definition) is 3. The van der Waals surface area contributed by atoms with Crippen LogP contribution in [0, 0.1) is 0 Å². The minimum atomic E-state index is -0.746. The number of hydrogen-bond donors (Lipinski definition) is 2. The zero-order valence-corrected chi connectivity index (χ0v) is 12.0. The molecule has 0 bridgehead atoms. The van der Waals surface area contributed by atoms with E-state index in [2.05, 4.69) is 10.2 Å². The van der Waals surface area contributed by atoms with Crippen molar-refractivity contribution in [2.45, 2.75) is 63.5 Å². The highest BCUT2D eigenvalue weighted by molar-refractivity contribution is 5.77. The Balaban J connectivity index is 2.27. The molecular formula is C14H28N2O2. The highest BCUT2D eigenvalue weighted by Crippen LogP contribution is 2.30. The number of nitrogens with zero attached hydrogens (tertiary/aromatic N) is 1. The van der Waals surface area contributed by atoms with Crippen molar-refractivity contribution in [1.82, 2.24) is 10.2 Å². The molecule has 1 saturated carbocycles. The normalized spacial score (nSPS) is 20.7. The number of nitrogens with one attached hydrogen (secondary N) is 1. The van der Waals surface area contributed by atoms with Gasteiger partial charge in [-0.25, -0.2) is 0 Å². The fraction of sp³-hybridized carbons (Fsp3) is 0.929. The minimum absolute atomic E-state index is 0.00865. The van der Waals surface area contributed by atoms with Crippen LogP contribution in [0.3, 0.4) is 0 Å². The van der Waals surface area contributed by atoms with Gasteiger partial charge in [0, 0.05) is 6.04 Å². The van der Waals surface area contributed by atoms with Crippen molar-refractivity contribution in [3.8, 4) is 0 Å². The second-order valence-electron chi connectivity index (χ2n) is 6.02. The lowest BCUT2D eigenvalue weighted by molar-refractivity contribution is -0.128. The van der Waals surface area contributed by atoms with Gasteiger partial charge < -0.3 is 15.3 Å². The quantitative estimate of drug-likeness (QED) is 0.758. The summed E-state index contributed by atoms with van der Waals surface area (Å²) in [5.74, 6) is -0.00865. The van der Waals surface area contributed by atoms with Crippen LogP contribution in [-0.2, 0) is 4.79 Å². The molecule has 1 atom stereocenters. The summed E-state index contributed by atoms with van der Waals surface area (Å²) in [6, 6.07) is 0.173. The van der Waals surface area contributed by atoms with E-state index < -0.39 is 5.60 Å². The predicted molar refractivity (Wildman–Crippen MR) is 73.4 cm³/mol. The number of rotatable bonds is 6. The predicted octanol–water partition coefficient (Wildman–Crippen LogP) is 1.53. The third-order valence-corrected chi connectivity index (χ3v) is 3.69. The summed E-state index contributed by atoms with van der Waals surface area (Å²) in [4.78, 5) is 14.0. The average Bonchev–Trinajstić information content (AvgIpc) is 2.26. The van der Waals surface area contributed by atoms with E-state index in [-0.39, 0.29) is 18.4 Å². The second kappa shape index (κ2) is 7.10. The van der Waals surface area contributed by atoms with Gasteiger partial charge in [0.1, 0.15) is 0 Å². The number of amides is 1. The monoisotopic (exact) mass is 256 g/mol. The van der Waals surface area contributed by atoms with Crippen LogP contribution >= 0.6 is 0 Å². The Bertz CT molecular complexity index is 261. The molecule has 106 valence electrons. The van der Waals surface area contributed by atoms with E-state index in [0.717, 1.165) is 38.6 Å². The van der Waals surface area contributed by atoms with Gasteiger partial charge in [0.15, 0.2) is 0 Å². The lowest BCUT2D eigenvalue weighted by atomic mass is 9.82. The molecule has 18 heavy (non-hydrogen) atoms. The van der Waals surface area contributed by atoms with Gasteiger partial charge in [-0.1, -0.05) is 19.3 Å². The lowest BCUT2D eigenvalue weighted by Crippen LogP contribution is -2.41. The van der Waals surface area contributed by atoms with E-state index in [1.807, 2.05) is 21.0 Å². The van der Waals surface area contributed by atoms with E-state index in [9.17, 15) is 9.90 Å². The van der Waals surface area contributed by atoms with Crippen molar-refractivity contribution in [3.05, 3.63) is 0 Å². The van der Waals surface area contributed by atoms with Gasteiger partial charge in [0.25, 0.3) is 0 Å². The molecule has 0 aromatic rings. The molecule has 4 nitrogen and oxygen atoms in total. The first-order valence-electron chi connectivity index (χ1n) is 7.08. The first-order chi connectivity index (χ1) is 8.41. The van der Waals surface area contributed by atoms with Gasteiger partial charge in [0.2, 0.25) is 5.91 Å². The Morgan fingerprint density at radius 3 is 2.50 bits per heavy atom. The SMILES string of the molecule is CC(CCN(C)C)NC(=O)CC1(O)CCCCC1. The van der Waals surface area contributed by atoms with Crippen LogP contribution in [0.5, 0.6) is 0 Å². The summed E-state index contributed by atoms with van der Waals surface area (Å²) in [5, 5.41) is 13.3. The van der Waals surface area contributed by atoms with Gasteiger partial charge in [-0.15, -0.1) is 0 Å². The summed E-state index contributed by atoms with van der Waals surface area (Å²) in [7, 11) is 4.05. The molecule has 0 aromatic carbocycles. The summed E-state index contributed by atoms with van der Waals surface area (Å²) in [5.41, 5.74) is -0.746. The lowest BCUT2D eigenvalue weighted by Gasteiger charge is -2.31. The highest BCUT2D eigenvalue weighted by Gasteiger charge is 2.31. The van der Waals surface area contributed by atoms with E-state index in [4.69, 9.17) is 0 Å². The standard InChI is InChI=1S/C14H28N2O2/c1-12(7-10-16(2)3)15-13(17)11-14(18)8-5-4-6-9-14/h12,18H,4-11H2,1-3H3,(H,15,17). The Morgan fingerprint density at radius 2 is 1.94 bits per heavy atom. The van der Waals surface area contributed by atoms with Crippen LogP contribution in [-0.4, -0.2) is 48.2 Å². The third-order valence-electron chi connectivity index (χ3n) is 3.69. The molecule has 1 unspecified atom stereocenters. The summed E-state index contributed by atoms with van der Waals surface area (Å²) in [6.07, 6.45) is 6.01. The molecule has 1 fully saturated rings. The van der Waals surface area contributed by atoms with Crippen molar-refractivity contribution < 1.29 is 9.90 Å². The molecule has 0 radical (unpaired) electrons. The van der Waals surface area contributed by atoms with Gasteiger partial charge in [-0.2, -0.15) is 0 Å². The van der Waals surface area contributed by atoms with E-state index in [1.165, 1.54) is 6.42 Å². The molecular weight excluding hydrogens is 228 g/mol. The second-order valence-corrected chi connectivity index (χ2v) is 6.02. The van der Waals surface area contributed by atoms with Gasteiger partial charge in [-0.05, 0) is 46.8 Å². The number of carbonyl (C=O) groups is 1. The molecule has 0 spiro atoms. The van der Waals surface area contributed by atoms with Gasteiger partial charge >= 0.3 is 0 Å². The number of carbonyl (C=O) groups excluding carboxylic acids is 1. The molecule has 1 aliphatic rings. The van der Waals surface area contributed by atoms with E-state index >= 15 is 0 Å². The average molecular weight is 256 g/mol. The maximum atomic E-state index is 11.9. The fourth-order valence-corrected chi connectivity index (χ4v) is 2.54. The topological polar surface area (TPSA) is 52.6 Å². The summed E-state index contributed by atoms with van der Waals surface area (Å²) >= 11 is 0. The Labute approximate surface area is 111 Å². The molecule has 1 rings (SSSR count). The molecule has 0 aliphatic heterocycles. The Morgan fingerprint density at radius 1 is 1.33 bits per heavy atom. The smallest absolute Gasteiger partial charge is 0.223 e. The summed E-state index contributed by atoms with van der Waals surface area (Å²) in [6.45, 7) is 2.98. The van der Waals surface area contributed by atoms with Crippen molar-refractivity contribution in [1.29, 1.82) is 0 Å². The molecule has 1 aliphatic carbocycles. The zero-order valence-electron chi connectivity index (χ0n) is 12.0. The molecule has 2 N–H and O–H groups in total. The van der Waals surface area contributed by atoms with Gasteiger partial charge in [-0.3, -0.25) is 4.79 Å². The fourth-order valence-electron chi connectivity index (χ4n) is 2.54. The first-order valence-corrected chi connectivity index (χ1v) is 7.08. The van der Waals surface area contributed by atoms with Gasteiger partial charge in [0.05, 0.1) is 12.0 Å². The zero-order chi connectivity index (χ0) is 13.6. The van der Waals surface area contributed by atoms with Crippen molar-refractivity contribution in [3.63, 3.8) is 0 Å². The largest absolute Gasteiger partial charge is 0.389 e. The van der Waals surface area contributed by atoms with Crippen molar-refractivity contribution in [2.24, 2.45) is 0 Å². The van der Waals surface area contributed by atoms with Crippen molar-refractivity contribution >= 4 is 5.91 Å². The Kier molecular flexibility index (Phi) is 6.09. The van der Waals surface area contributed by atoms with Crippen LogP contribution in [0.1, 0.15) is 51.9 Å². The highest BCUT2D eigenvalue weighted by atomic mass is 16.3.